The van der Waals surface area contributed by atoms with E-state index < -0.39 is 11.7 Å². The summed E-state index contributed by atoms with van der Waals surface area (Å²) in [5.41, 5.74) is 1.48. The van der Waals surface area contributed by atoms with E-state index in [1.807, 2.05) is 6.07 Å². The molecule has 2 rings (SSSR count). The van der Waals surface area contributed by atoms with E-state index in [1.54, 1.807) is 31.4 Å². The SMILES string of the molecule is COCc1cccc(NC(=O)c2ccc(OC)cc2F)c1. The lowest BCUT2D eigenvalue weighted by Gasteiger charge is -2.08. The van der Waals surface area contributed by atoms with Crippen molar-refractivity contribution in [1.29, 1.82) is 0 Å². The highest BCUT2D eigenvalue weighted by molar-refractivity contribution is 6.04. The number of carbonyl (C=O) groups is 1. The molecule has 21 heavy (non-hydrogen) atoms. The molecule has 0 spiro atoms. The van der Waals surface area contributed by atoms with E-state index in [1.165, 1.54) is 19.2 Å². The minimum atomic E-state index is -0.625. The normalized spacial score (nSPS) is 10.2. The van der Waals surface area contributed by atoms with Gasteiger partial charge in [0.1, 0.15) is 11.6 Å². The molecule has 0 aliphatic rings. The zero-order valence-electron chi connectivity index (χ0n) is 11.9. The molecule has 0 saturated heterocycles. The summed E-state index contributed by atoms with van der Waals surface area (Å²) in [4.78, 5) is 12.1. The molecule has 0 aliphatic carbocycles. The smallest absolute Gasteiger partial charge is 0.258 e. The molecule has 2 aromatic rings. The minimum Gasteiger partial charge on any atom is -0.497 e. The van der Waals surface area contributed by atoms with Gasteiger partial charge in [0.2, 0.25) is 0 Å². The molecule has 0 atom stereocenters. The summed E-state index contributed by atoms with van der Waals surface area (Å²) in [7, 11) is 3.04. The molecular weight excluding hydrogens is 273 g/mol. The van der Waals surface area contributed by atoms with Crippen LogP contribution in [0.4, 0.5) is 10.1 Å². The van der Waals surface area contributed by atoms with Crippen LogP contribution in [0.15, 0.2) is 42.5 Å². The van der Waals surface area contributed by atoms with Crippen LogP contribution in [0.25, 0.3) is 0 Å². The highest BCUT2D eigenvalue weighted by Gasteiger charge is 2.13. The molecule has 0 fully saturated rings. The minimum absolute atomic E-state index is 0.0343. The first kappa shape index (κ1) is 15.0. The van der Waals surface area contributed by atoms with Gasteiger partial charge in [-0.05, 0) is 29.8 Å². The number of rotatable bonds is 5. The maximum absolute atomic E-state index is 13.8. The number of methoxy groups -OCH3 is 2. The molecule has 4 nitrogen and oxygen atoms in total. The van der Waals surface area contributed by atoms with Crippen LogP contribution in [-0.4, -0.2) is 20.1 Å². The highest BCUT2D eigenvalue weighted by atomic mass is 19.1. The maximum Gasteiger partial charge on any atom is 0.258 e. The summed E-state index contributed by atoms with van der Waals surface area (Å²) in [6.07, 6.45) is 0. The number of benzene rings is 2. The summed E-state index contributed by atoms with van der Waals surface area (Å²) in [5.74, 6) is -0.768. The first-order chi connectivity index (χ1) is 10.1. The first-order valence-electron chi connectivity index (χ1n) is 6.37. The van der Waals surface area contributed by atoms with Gasteiger partial charge in [-0.15, -0.1) is 0 Å². The average molecular weight is 289 g/mol. The number of nitrogens with one attached hydrogen (secondary N) is 1. The molecule has 0 radical (unpaired) electrons. The van der Waals surface area contributed by atoms with Crippen molar-refractivity contribution < 1.29 is 18.7 Å². The third-order valence-corrected chi connectivity index (χ3v) is 2.92. The monoisotopic (exact) mass is 289 g/mol. The quantitative estimate of drug-likeness (QED) is 0.919. The van der Waals surface area contributed by atoms with Crippen LogP contribution in [0.1, 0.15) is 15.9 Å². The van der Waals surface area contributed by atoms with Crippen molar-refractivity contribution in [3.8, 4) is 5.75 Å². The van der Waals surface area contributed by atoms with Crippen LogP contribution in [0, 0.1) is 5.82 Å². The molecule has 0 aliphatic heterocycles. The number of hydrogen-bond acceptors (Lipinski definition) is 3. The summed E-state index contributed by atoms with van der Waals surface area (Å²) in [6.45, 7) is 0.445. The van der Waals surface area contributed by atoms with Crippen LogP contribution < -0.4 is 10.1 Å². The van der Waals surface area contributed by atoms with E-state index in [4.69, 9.17) is 9.47 Å². The molecule has 0 aromatic heterocycles. The first-order valence-corrected chi connectivity index (χ1v) is 6.37. The van der Waals surface area contributed by atoms with E-state index in [-0.39, 0.29) is 5.56 Å². The predicted octanol–water partition coefficient (Wildman–Crippen LogP) is 3.23. The molecule has 0 saturated carbocycles. The van der Waals surface area contributed by atoms with Gasteiger partial charge in [-0.25, -0.2) is 4.39 Å². The van der Waals surface area contributed by atoms with Crippen LogP contribution in [-0.2, 0) is 11.3 Å². The van der Waals surface area contributed by atoms with Crippen molar-refractivity contribution in [3.05, 3.63) is 59.4 Å². The second kappa shape index (κ2) is 6.85. The fraction of sp³-hybridized carbons (Fsp3) is 0.188. The standard InChI is InChI=1S/C16H16FNO3/c1-20-10-11-4-3-5-12(8-11)18-16(19)14-7-6-13(21-2)9-15(14)17/h3-9H,10H2,1-2H3,(H,18,19). The zero-order chi connectivity index (χ0) is 15.2. The Morgan fingerprint density at radius 3 is 2.67 bits per heavy atom. The Labute approximate surface area is 122 Å². The average Bonchev–Trinajstić information content (AvgIpc) is 2.47. The topological polar surface area (TPSA) is 47.6 Å². The summed E-state index contributed by atoms with van der Waals surface area (Å²) in [5, 5.41) is 2.66. The molecule has 2 aromatic carbocycles. The summed E-state index contributed by atoms with van der Waals surface area (Å²) in [6, 6.07) is 11.3. The second-order valence-electron chi connectivity index (χ2n) is 4.43. The summed E-state index contributed by atoms with van der Waals surface area (Å²) >= 11 is 0. The van der Waals surface area contributed by atoms with Gasteiger partial charge in [0.15, 0.2) is 0 Å². The van der Waals surface area contributed by atoms with Gasteiger partial charge >= 0.3 is 0 Å². The van der Waals surface area contributed by atoms with Crippen molar-refractivity contribution in [1.82, 2.24) is 0 Å². The maximum atomic E-state index is 13.8. The van der Waals surface area contributed by atoms with E-state index in [0.717, 1.165) is 5.56 Å². The van der Waals surface area contributed by atoms with Crippen LogP contribution in [0.5, 0.6) is 5.75 Å². The van der Waals surface area contributed by atoms with Crippen molar-refractivity contribution in [3.63, 3.8) is 0 Å². The van der Waals surface area contributed by atoms with Crippen molar-refractivity contribution >= 4 is 11.6 Å². The number of hydrogen-bond donors (Lipinski definition) is 1. The van der Waals surface area contributed by atoms with E-state index in [2.05, 4.69) is 5.32 Å². The van der Waals surface area contributed by atoms with Crippen LogP contribution in [0.3, 0.4) is 0 Å². The van der Waals surface area contributed by atoms with Crippen molar-refractivity contribution in [2.75, 3.05) is 19.5 Å². The lowest BCUT2D eigenvalue weighted by Crippen LogP contribution is -2.14. The third-order valence-electron chi connectivity index (χ3n) is 2.92. The molecular formula is C16H16FNO3. The van der Waals surface area contributed by atoms with E-state index >= 15 is 0 Å². The lowest BCUT2D eigenvalue weighted by molar-refractivity contribution is 0.102. The lowest BCUT2D eigenvalue weighted by atomic mass is 10.1. The van der Waals surface area contributed by atoms with Gasteiger partial charge in [0.25, 0.3) is 5.91 Å². The van der Waals surface area contributed by atoms with Crippen LogP contribution >= 0.6 is 0 Å². The molecule has 0 heterocycles. The van der Waals surface area contributed by atoms with Gasteiger partial charge in [-0.3, -0.25) is 4.79 Å². The Bertz CT molecular complexity index is 643. The van der Waals surface area contributed by atoms with Gasteiger partial charge in [-0.2, -0.15) is 0 Å². The van der Waals surface area contributed by atoms with Crippen molar-refractivity contribution in [2.45, 2.75) is 6.61 Å². The fourth-order valence-corrected chi connectivity index (χ4v) is 1.91. The van der Waals surface area contributed by atoms with Gasteiger partial charge in [0.05, 0.1) is 19.3 Å². The number of ether oxygens (including phenoxy) is 2. The molecule has 0 bridgehead atoms. The number of anilines is 1. The second-order valence-corrected chi connectivity index (χ2v) is 4.43. The molecule has 5 heteroatoms. The summed E-state index contributed by atoms with van der Waals surface area (Å²) < 4.78 is 23.8. The molecule has 110 valence electrons. The largest absolute Gasteiger partial charge is 0.497 e. The number of halogens is 1. The predicted molar refractivity (Wildman–Crippen MR) is 78.1 cm³/mol. The Kier molecular flexibility index (Phi) is 4.90. The Morgan fingerprint density at radius 1 is 1.19 bits per heavy atom. The van der Waals surface area contributed by atoms with Gasteiger partial charge < -0.3 is 14.8 Å². The van der Waals surface area contributed by atoms with Crippen LogP contribution in [0.2, 0.25) is 0 Å². The molecule has 1 amide bonds. The Hall–Kier alpha value is -2.40. The van der Waals surface area contributed by atoms with Crippen molar-refractivity contribution in [2.24, 2.45) is 0 Å². The highest BCUT2D eigenvalue weighted by Crippen LogP contribution is 2.18. The molecule has 0 unspecified atom stereocenters. The Balaban J connectivity index is 2.16. The number of amides is 1. The number of carbonyl (C=O) groups excluding carboxylic acids is 1. The fourth-order valence-electron chi connectivity index (χ4n) is 1.91. The molecule has 1 N–H and O–H groups in total. The van der Waals surface area contributed by atoms with Gasteiger partial charge in [-0.1, -0.05) is 12.1 Å². The van der Waals surface area contributed by atoms with E-state index in [9.17, 15) is 9.18 Å². The third kappa shape index (κ3) is 3.79. The van der Waals surface area contributed by atoms with E-state index in [0.29, 0.717) is 18.0 Å². The zero-order valence-corrected chi connectivity index (χ0v) is 11.9. The van der Waals surface area contributed by atoms with Gasteiger partial charge in [0, 0.05) is 18.9 Å². The Morgan fingerprint density at radius 2 is 2.00 bits per heavy atom.